The first-order chi connectivity index (χ1) is 17.9. The maximum absolute atomic E-state index is 13.3. The van der Waals surface area contributed by atoms with Crippen LogP contribution in [0.2, 0.25) is 0 Å². The molecule has 1 spiro atoms. The number of fused-ring (bicyclic) bond motifs is 1. The summed E-state index contributed by atoms with van der Waals surface area (Å²) in [6.45, 7) is 7.75. The number of carbonyl (C=O) groups is 2. The highest BCUT2D eigenvalue weighted by Gasteiger charge is 2.84. The predicted octanol–water partition coefficient (Wildman–Crippen LogP) is 3.69. The van der Waals surface area contributed by atoms with Crippen LogP contribution in [0.5, 0.6) is 0 Å². The van der Waals surface area contributed by atoms with Gasteiger partial charge in [-0.25, -0.2) is 9.59 Å². The zero-order chi connectivity index (χ0) is 25.7. The van der Waals surface area contributed by atoms with Crippen LogP contribution >= 0.6 is 0 Å². The maximum Gasteiger partial charge on any atom is 0.410 e. The van der Waals surface area contributed by atoms with Crippen molar-refractivity contribution in [2.24, 2.45) is 17.8 Å². The molecule has 1 aliphatic carbocycles. The third-order valence-electron chi connectivity index (χ3n) is 10.5. The van der Waals surface area contributed by atoms with Gasteiger partial charge in [0.25, 0.3) is 0 Å². The minimum atomic E-state index is -0.767. The van der Waals surface area contributed by atoms with E-state index in [1.807, 2.05) is 11.8 Å². The highest BCUT2D eigenvalue weighted by molar-refractivity contribution is 5.93. The third-order valence-corrected chi connectivity index (χ3v) is 10.5. The Morgan fingerprint density at radius 2 is 2.00 bits per heavy atom. The van der Waals surface area contributed by atoms with E-state index in [0.717, 1.165) is 45.1 Å². The molecule has 0 aromatic heterocycles. The molecule has 0 radical (unpaired) electrons. The molecule has 0 aromatic carbocycles. The SMILES string of the molecule is CCOC(=O)N(C[C@]12[C@@H]3C[C@H]4[C@H]5[C@H](C)/C(=C6\OC(=O)C(C)=C6OC)O[C@]5(O3)[C@@H]1CCN42)C1CCCCC1. The van der Waals surface area contributed by atoms with Gasteiger partial charge in [0.1, 0.15) is 5.76 Å². The molecule has 37 heavy (non-hydrogen) atoms. The molecule has 1 amide bonds. The Balaban J connectivity index is 1.27. The van der Waals surface area contributed by atoms with Crippen molar-refractivity contribution in [3.05, 3.63) is 22.9 Å². The molecule has 7 rings (SSSR count). The van der Waals surface area contributed by atoms with Crippen molar-refractivity contribution < 1.29 is 33.3 Å². The molecular formula is C28H38N2O7. The predicted molar refractivity (Wildman–Crippen MR) is 131 cm³/mol. The van der Waals surface area contributed by atoms with Gasteiger partial charge in [0.15, 0.2) is 5.76 Å². The van der Waals surface area contributed by atoms with E-state index in [1.54, 1.807) is 14.0 Å². The lowest BCUT2D eigenvalue weighted by Gasteiger charge is -2.50. The zero-order valence-electron chi connectivity index (χ0n) is 22.3. The fourth-order valence-corrected chi connectivity index (χ4v) is 9.21. The van der Waals surface area contributed by atoms with E-state index in [9.17, 15) is 9.59 Å². The largest absolute Gasteiger partial charge is 0.492 e. The van der Waals surface area contributed by atoms with E-state index in [0.29, 0.717) is 42.0 Å². The van der Waals surface area contributed by atoms with Crippen molar-refractivity contribution in [1.82, 2.24) is 9.80 Å². The van der Waals surface area contributed by atoms with Crippen molar-refractivity contribution in [2.75, 3.05) is 26.8 Å². The van der Waals surface area contributed by atoms with Crippen LogP contribution < -0.4 is 0 Å². The smallest absolute Gasteiger partial charge is 0.410 e. The van der Waals surface area contributed by atoms with Gasteiger partial charge >= 0.3 is 12.1 Å². The lowest BCUT2D eigenvalue weighted by Crippen LogP contribution is -2.65. The number of allylic oxidation sites excluding steroid dienone is 1. The summed E-state index contributed by atoms with van der Waals surface area (Å²) in [5.41, 5.74) is 0.190. The molecule has 6 heterocycles. The van der Waals surface area contributed by atoms with Crippen molar-refractivity contribution in [3.63, 3.8) is 0 Å². The molecule has 1 saturated carbocycles. The topological polar surface area (TPSA) is 86.8 Å². The van der Waals surface area contributed by atoms with Gasteiger partial charge in [0.2, 0.25) is 11.5 Å². The van der Waals surface area contributed by atoms with Crippen LogP contribution in [0.15, 0.2) is 22.9 Å². The number of rotatable bonds is 5. The molecule has 8 atom stereocenters. The molecule has 0 aromatic rings. The van der Waals surface area contributed by atoms with Gasteiger partial charge in [-0.1, -0.05) is 26.2 Å². The normalized spacial score (nSPS) is 45.4. The Kier molecular flexibility index (Phi) is 5.23. The second kappa shape index (κ2) is 8.12. The van der Waals surface area contributed by atoms with Gasteiger partial charge in [0, 0.05) is 30.5 Å². The molecule has 7 aliphatic rings. The van der Waals surface area contributed by atoms with E-state index in [2.05, 4.69) is 11.8 Å². The van der Waals surface area contributed by atoms with Gasteiger partial charge in [-0.15, -0.1) is 0 Å². The second-order valence-corrected chi connectivity index (χ2v) is 11.9. The molecule has 5 bridgehead atoms. The molecule has 6 fully saturated rings. The minimum absolute atomic E-state index is 0.00335. The molecular weight excluding hydrogens is 476 g/mol. The number of hydrogen-bond acceptors (Lipinski definition) is 8. The van der Waals surface area contributed by atoms with Crippen LogP contribution in [0.25, 0.3) is 0 Å². The number of amides is 1. The van der Waals surface area contributed by atoms with Gasteiger partial charge in [0.05, 0.1) is 36.9 Å². The Bertz CT molecular complexity index is 1100. The highest BCUT2D eigenvalue weighted by atomic mass is 16.7. The Morgan fingerprint density at radius 1 is 1.22 bits per heavy atom. The van der Waals surface area contributed by atoms with Crippen molar-refractivity contribution in [3.8, 4) is 0 Å². The van der Waals surface area contributed by atoms with E-state index in [4.69, 9.17) is 23.7 Å². The van der Waals surface area contributed by atoms with E-state index < -0.39 is 11.8 Å². The Morgan fingerprint density at radius 3 is 2.73 bits per heavy atom. The average Bonchev–Trinajstić information content (AvgIpc) is 3.61. The number of ether oxygens (including phenoxy) is 5. The molecule has 9 nitrogen and oxygen atoms in total. The van der Waals surface area contributed by atoms with Crippen LogP contribution in [-0.4, -0.2) is 78.2 Å². The summed E-state index contributed by atoms with van der Waals surface area (Å²) in [6, 6.07) is 0.514. The highest BCUT2D eigenvalue weighted by Crippen LogP contribution is 2.72. The first-order valence-electron chi connectivity index (χ1n) is 14.2. The van der Waals surface area contributed by atoms with Gasteiger partial charge < -0.3 is 28.6 Å². The molecule has 202 valence electrons. The molecule has 1 unspecified atom stereocenters. The van der Waals surface area contributed by atoms with Gasteiger partial charge in [-0.2, -0.15) is 0 Å². The maximum atomic E-state index is 13.3. The number of carbonyl (C=O) groups excluding carboxylic acids is 2. The fourth-order valence-electron chi connectivity index (χ4n) is 9.21. The van der Waals surface area contributed by atoms with E-state index >= 15 is 0 Å². The van der Waals surface area contributed by atoms with Gasteiger partial charge in [-0.05, 0) is 46.1 Å². The van der Waals surface area contributed by atoms with Crippen LogP contribution in [0.4, 0.5) is 4.79 Å². The molecule has 9 heteroatoms. The molecule has 5 saturated heterocycles. The average molecular weight is 515 g/mol. The van der Waals surface area contributed by atoms with Crippen molar-refractivity contribution in [2.45, 2.75) is 95.2 Å². The minimum Gasteiger partial charge on any atom is -0.492 e. The first-order valence-corrected chi connectivity index (χ1v) is 14.2. The number of methoxy groups -OCH3 is 1. The van der Waals surface area contributed by atoms with Crippen LogP contribution in [-0.2, 0) is 28.5 Å². The summed E-state index contributed by atoms with van der Waals surface area (Å²) in [7, 11) is 1.56. The second-order valence-electron chi connectivity index (χ2n) is 11.9. The van der Waals surface area contributed by atoms with Crippen LogP contribution in [0.3, 0.4) is 0 Å². The standard InChI is InChI=1S/C28H38N2O7/c1-5-34-26(32)29(17-9-7-6-8-10-17)14-27-19-11-12-30(27)18-13-20(27)36-28(19)21(18)15(2)23(37-28)24-22(33-4)16(3)25(31)35-24/h15,17-21H,5-14H2,1-4H3/b24-23+/t15-,18-,19+,20-,21+,27+,28+/m0/s1. The number of cyclic esters (lactones) is 1. The molecule has 6 aliphatic heterocycles. The lowest BCUT2D eigenvalue weighted by molar-refractivity contribution is -0.256. The summed E-state index contributed by atoms with van der Waals surface area (Å²) in [6.07, 6.45) is 7.31. The summed E-state index contributed by atoms with van der Waals surface area (Å²) in [5.74, 6) is 0.643. The van der Waals surface area contributed by atoms with Crippen molar-refractivity contribution in [1.29, 1.82) is 0 Å². The van der Waals surface area contributed by atoms with Crippen LogP contribution in [0, 0.1) is 17.8 Å². The monoisotopic (exact) mass is 514 g/mol. The van der Waals surface area contributed by atoms with E-state index in [-0.39, 0.29) is 41.5 Å². The number of nitrogens with zero attached hydrogens (tertiary/aromatic N) is 2. The number of piperidine rings is 1. The summed E-state index contributed by atoms with van der Waals surface area (Å²) < 4.78 is 30.6. The fraction of sp³-hybridized carbons (Fsp3) is 0.786. The van der Waals surface area contributed by atoms with Crippen molar-refractivity contribution >= 4 is 12.1 Å². The summed E-state index contributed by atoms with van der Waals surface area (Å²) >= 11 is 0. The Hall–Kier alpha value is -2.26. The third kappa shape index (κ3) is 2.87. The number of hydrogen-bond donors (Lipinski definition) is 0. The summed E-state index contributed by atoms with van der Waals surface area (Å²) in [4.78, 5) is 30.4. The van der Waals surface area contributed by atoms with Gasteiger partial charge in [-0.3, -0.25) is 4.90 Å². The number of esters is 1. The van der Waals surface area contributed by atoms with E-state index in [1.165, 1.54) is 6.42 Å². The van der Waals surface area contributed by atoms with Crippen LogP contribution in [0.1, 0.15) is 65.7 Å². The first kappa shape index (κ1) is 23.8. The molecule has 0 N–H and O–H groups in total. The zero-order valence-corrected chi connectivity index (χ0v) is 22.3. The Labute approximate surface area is 218 Å². The quantitative estimate of drug-likeness (QED) is 0.514. The lowest BCUT2D eigenvalue weighted by atomic mass is 9.70. The summed E-state index contributed by atoms with van der Waals surface area (Å²) in [5, 5.41) is 0.